The van der Waals surface area contributed by atoms with E-state index in [0.29, 0.717) is 32.0 Å². The predicted octanol–water partition coefficient (Wildman–Crippen LogP) is 1.77. The molecule has 1 aliphatic heterocycles. The zero-order valence-electron chi connectivity index (χ0n) is 14.6. The van der Waals surface area contributed by atoms with Gasteiger partial charge in [-0.1, -0.05) is 0 Å². The Morgan fingerprint density at radius 1 is 1.18 bits per heavy atom. The number of hydrogen-bond donors (Lipinski definition) is 2. The van der Waals surface area contributed by atoms with Crippen LogP contribution < -0.4 is 10.3 Å². The van der Waals surface area contributed by atoms with Gasteiger partial charge in [-0.3, -0.25) is 4.79 Å². The highest BCUT2D eigenvalue weighted by molar-refractivity contribution is 5.92. The van der Waals surface area contributed by atoms with Crippen LogP contribution in [0.4, 0.5) is 10.2 Å². The third-order valence-electron chi connectivity index (χ3n) is 4.58. The van der Waals surface area contributed by atoms with E-state index in [1.54, 1.807) is 17.0 Å². The third-order valence-corrected chi connectivity index (χ3v) is 4.58. The highest BCUT2D eigenvalue weighted by Gasteiger charge is 2.22. The number of anilines is 1. The first-order valence-electron chi connectivity index (χ1n) is 8.57. The normalized spacial score (nSPS) is 14.4. The second-order valence-corrected chi connectivity index (χ2v) is 6.33. The fourth-order valence-corrected chi connectivity index (χ4v) is 3.17. The van der Waals surface area contributed by atoms with Crippen LogP contribution in [-0.4, -0.2) is 52.0 Å². The van der Waals surface area contributed by atoms with Crippen molar-refractivity contribution in [3.05, 3.63) is 58.1 Å². The molecule has 0 bridgehead atoms. The van der Waals surface area contributed by atoms with Gasteiger partial charge >= 0.3 is 5.97 Å². The standard InChI is InChI=1S/C19H16FN3O5/c20-15-9-13-16(25)14(19(26)27)10-23(11-1-3-12(24)4-2-11)17(13)21-18(15)22-5-7-28-8-6-22/h1-4,9-10,24H,5-8H2,(H,26,27). The van der Waals surface area contributed by atoms with Crippen LogP contribution in [0, 0.1) is 5.82 Å². The fourth-order valence-electron chi connectivity index (χ4n) is 3.17. The minimum absolute atomic E-state index is 0.0283. The van der Waals surface area contributed by atoms with Gasteiger partial charge in [0.15, 0.2) is 17.3 Å². The molecule has 0 aliphatic carbocycles. The van der Waals surface area contributed by atoms with Crippen LogP contribution in [0.5, 0.6) is 5.75 Å². The quantitative estimate of drug-likeness (QED) is 0.708. The number of rotatable bonds is 3. The SMILES string of the molecule is O=C(O)c1cn(-c2ccc(O)cc2)c2nc(N3CCOCC3)c(F)cc2c1=O. The number of ether oxygens (including phenoxy) is 1. The number of aromatic carboxylic acids is 1. The van der Waals surface area contributed by atoms with E-state index in [4.69, 9.17) is 4.74 Å². The topological polar surface area (TPSA) is 105 Å². The monoisotopic (exact) mass is 385 g/mol. The highest BCUT2D eigenvalue weighted by atomic mass is 19.1. The number of benzene rings is 1. The summed E-state index contributed by atoms with van der Waals surface area (Å²) in [6.07, 6.45) is 1.16. The molecule has 9 heteroatoms. The number of aromatic nitrogens is 2. The first kappa shape index (κ1) is 17.9. The van der Waals surface area contributed by atoms with Crippen molar-refractivity contribution < 1.29 is 24.1 Å². The van der Waals surface area contributed by atoms with Crippen LogP contribution in [0.25, 0.3) is 16.7 Å². The van der Waals surface area contributed by atoms with Crippen molar-refractivity contribution >= 4 is 22.8 Å². The fraction of sp³-hybridized carbons (Fsp3) is 0.211. The molecule has 0 spiro atoms. The lowest BCUT2D eigenvalue weighted by Gasteiger charge is -2.28. The Bertz CT molecular complexity index is 1120. The molecule has 2 aromatic heterocycles. The van der Waals surface area contributed by atoms with Gasteiger partial charge < -0.3 is 24.4 Å². The Labute approximate surface area is 158 Å². The summed E-state index contributed by atoms with van der Waals surface area (Å²) >= 11 is 0. The second kappa shape index (κ2) is 6.93. The zero-order chi connectivity index (χ0) is 19.8. The van der Waals surface area contributed by atoms with Crippen molar-refractivity contribution in [2.45, 2.75) is 0 Å². The highest BCUT2D eigenvalue weighted by Crippen LogP contribution is 2.25. The van der Waals surface area contributed by atoms with Gasteiger partial charge in [-0.15, -0.1) is 0 Å². The van der Waals surface area contributed by atoms with Crippen LogP contribution in [0.15, 0.2) is 41.3 Å². The molecule has 0 unspecified atom stereocenters. The van der Waals surface area contributed by atoms with Gasteiger partial charge in [-0.25, -0.2) is 14.2 Å². The average molecular weight is 385 g/mol. The summed E-state index contributed by atoms with van der Waals surface area (Å²) in [5.41, 5.74) is -0.709. The number of fused-ring (bicyclic) bond motifs is 1. The van der Waals surface area contributed by atoms with Crippen molar-refractivity contribution in [1.82, 2.24) is 9.55 Å². The maximum Gasteiger partial charge on any atom is 0.341 e. The van der Waals surface area contributed by atoms with Gasteiger partial charge in [0.25, 0.3) is 0 Å². The van der Waals surface area contributed by atoms with Crippen LogP contribution in [0.2, 0.25) is 0 Å². The molecule has 1 aromatic carbocycles. The molecule has 1 fully saturated rings. The van der Waals surface area contributed by atoms with Crippen molar-refractivity contribution in [1.29, 1.82) is 0 Å². The molecule has 2 N–H and O–H groups in total. The molecule has 0 saturated carbocycles. The molecular formula is C19H16FN3O5. The van der Waals surface area contributed by atoms with Crippen LogP contribution in [0.3, 0.4) is 0 Å². The number of nitrogens with zero attached hydrogens (tertiary/aromatic N) is 3. The zero-order valence-corrected chi connectivity index (χ0v) is 14.6. The first-order valence-corrected chi connectivity index (χ1v) is 8.57. The van der Waals surface area contributed by atoms with Crippen molar-refractivity contribution in [3.63, 3.8) is 0 Å². The predicted molar refractivity (Wildman–Crippen MR) is 99.0 cm³/mol. The lowest BCUT2D eigenvalue weighted by atomic mass is 10.1. The lowest BCUT2D eigenvalue weighted by molar-refractivity contribution is 0.0695. The van der Waals surface area contributed by atoms with Gasteiger partial charge in [0.05, 0.1) is 18.6 Å². The maximum absolute atomic E-state index is 14.7. The van der Waals surface area contributed by atoms with Gasteiger partial charge in [0, 0.05) is 25.0 Å². The number of carbonyl (C=O) groups is 1. The minimum atomic E-state index is -1.42. The van der Waals surface area contributed by atoms with Crippen molar-refractivity contribution in [3.8, 4) is 11.4 Å². The van der Waals surface area contributed by atoms with Gasteiger partial charge in [-0.05, 0) is 30.3 Å². The number of aromatic hydroxyl groups is 1. The number of phenolic OH excluding ortho intramolecular Hbond substituents is 1. The van der Waals surface area contributed by atoms with E-state index in [1.165, 1.54) is 16.7 Å². The first-order chi connectivity index (χ1) is 13.5. The van der Waals surface area contributed by atoms with Gasteiger partial charge in [-0.2, -0.15) is 0 Å². The van der Waals surface area contributed by atoms with Crippen LogP contribution >= 0.6 is 0 Å². The summed E-state index contributed by atoms with van der Waals surface area (Å²) < 4.78 is 21.4. The molecule has 28 heavy (non-hydrogen) atoms. The van der Waals surface area contributed by atoms with Crippen LogP contribution in [0.1, 0.15) is 10.4 Å². The molecule has 1 aliphatic rings. The molecule has 3 aromatic rings. The molecule has 4 rings (SSSR count). The summed E-state index contributed by atoms with van der Waals surface area (Å²) in [4.78, 5) is 30.2. The van der Waals surface area contributed by atoms with Gasteiger partial charge in [0.2, 0.25) is 5.43 Å². The van der Waals surface area contributed by atoms with Crippen molar-refractivity contribution in [2.24, 2.45) is 0 Å². The van der Waals surface area contributed by atoms with Gasteiger partial charge in [0.1, 0.15) is 11.3 Å². The Morgan fingerprint density at radius 3 is 2.50 bits per heavy atom. The van der Waals surface area contributed by atoms with Crippen LogP contribution in [-0.2, 0) is 4.74 Å². The average Bonchev–Trinajstić information content (AvgIpc) is 2.69. The number of halogens is 1. The van der Waals surface area contributed by atoms with E-state index in [2.05, 4.69) is 4.98 Å². The number of hydrogen-bond acceptors (Lipinski definition) is 6. The number of phenols is 1. The smallest absolute Gasteiger partial charge is 0.341 e. The number of carboxylic acid groups (broad SMARTS) is 1. The molecule has 0 atom stereocenters. The Hall–Kier alpha value is -3.46. The molecular weight excluding hydrogens is 369 g/mol. The summed E-state index contributed by atoms with van der Waals surface area (Å²) in [5.74, 6) is -2.02. The number of carboxylic acids is 1. The third kappa shape index (κ3) is 3.05. The maximum atomic E-state index is 14.7. The Morgan fingerprint density at radius 2 is 1.86 bits per heavy atom. The minimum Gasteiger partial charge on any atom is -0.508 e. The molecule has 1 saturated heterocycles. The molecule has 3 heterocycles. The molecule has 144 valence electrons. The van der Waals surface area contributed by atoms with E-state index in [1.807, 2.05) is 0 Å². The number of morpholine rings is 1. The summed E-state index contributed by atoms with van der Waals surface area (Å²) in [6, 6.07) is 6.96. The molecule has 8 nitrogen and oxygen atoms in total. The van der Waals surface area contributed by atoms with E-state index in [0.717, 1.165) is 12.3 Å². The van der Waals surface area contributed by atoms with Crippen molar-refractivity contribution in [2.75, 3.05) is 31.2 Å². The van der Waals surface area contributed by atoms with E-state index in [-0.39, 0.29) is 22.6 Å². The van der Waals surface area contributed by atoms with E-state index in [9.17, 15) is 24.2 Å². The summed E-state index contributed by atoms with van der Waals surface area (Å²) in [6.45, 7) is 1.77. The lowest BCUT2D eigenvalue weighted by Crippen LogP contribution is -2.37. The Kier molecular flexibility index (Phi) is 4.44. The second-order valence-electron chi connectivity index (χ2n) is 6.33. The molecule has 0 radical (unpaired) electrons. The summed E-state index contributed by atoms with van der Waals surface area (Å²) in [7, 11) is 0. The summed E-state index contributed by atoms with van der Waals surface area (Å²) in [5, 5.41) is 18.8. The van der Waals surface area contributed by atoms with E-state index >= 15 is 0 Å². The largest absolute Gasteiger partial charge is 0.508 e. The van der Waals surface area contributed by atoms with E-state index < -0.39 is 22.8 Å². The number of pyridine rings is 2. The Balaban J connectivity index is 2.01. The molecule has 0 amide bonds.